The topological polar surface area (TPSA) is 44.9 Å². The first-order valence-corrected chi connectivity index (χ1v) is 6.84. The zero-order valence-corrected chi connectivity index (χ0v) is 11.3. The summed E-state index contributed by atoms with van der Waals surface area (Å²) in [6.45, 7) is 11.2. The fraction of sp³-hybridized carbons (Fsp3) is 0.923. The summed E-state index contributed by atoms with van der Waals surface area (Å²) in [6, 6.07) is 0. The molecule has 0 saturated carbocycles. The standard InChI is InChI=1S/C13H26N4/c1-13(2)5-3-7-16(11-13)10-6-15-12(14)17-8-4-9-17/h3-11H2,1-2H3,(H2,14,15). The van der Waals surface area contributed by atoms with Crippen LogP contribution in [0.15, 0.2) is 4.99 Å². The molecule has 2 aliphatic rings. The summed E-state index contributed by atoms with van der Waals surface area (Å²) in [6.07, 6.45) is 3.93. The molecule has 0 aliphatic carbocycles. The Morgan fingerprint density at radius 2 is 2.00 bits per heavy atom. The Hall–Kier alpha value is -0.770. The Labute approximate surface area is 105 Å². The van der Waals surface area contributed by atoms with Crippen molar-refractivity contribution < 1.29 is 0 Å². The van der Waals surface area contributed by atoms with Crippen LogP contribution in [0, 0.1) is 5.41 Å². The first-order chi connectivity index (χ1) is 8.07. The van der Waals surface area contributed by atoms with Crippen molar-refractivity contribution in [3.8, 4) is 0 Å². The first-order valence-electron chi connectivity index (χ1n) is 6.84. The molecular weight excluding hydrogens is 212 g/mol. The van der Waals surface area contributed by atoms with E-state index in [4.69, 9.17) is 5.73 Å². The second-order valence-corrected chi connectivity index (χ2v) is 6.12. The second kappa shape index (κ2) is 5.25. The van der Waals surface area contributed by atoms with Crippen molar-refractivity contribution in [2.24, 2.45) is 16.1 Å². The fourth-order valence-electron chi connectivity index (χ4n) is 2.69. The number of aliphatic imine (C=N–C) groups is 1. The smallest absolute Gasteiger partial charge is 0.191 e. The lowest BCUT2D eigenvalue weighted by molar-refractivity contribution is 0.121. The van der Waals surface area contributed by atoms with Crippen LogP contribution in [0.25, 0.3) is 0 Å². The number of nitrogens with two attached hydrogens (primary N) is 1. The summed E-state index contributed by atoms with van der Waals surface area (Å²) < 4.78 is 0. The van der Waals surface area contributed by atoms with Gasteiger partial charge in [0.25, 0.3) is 0 Å². The van der Waals surface area contributed by atoms with Crippen LogP contribution in [0.2, 0.25) is 0 Å². The highest BCUT2D eigenvalue weighted by atomic mass is 15.3. The van der Waals surface area contributed by atoms with Gasteiger partial charge in [0.05, 0.1) is 6.54 Å². The number of hydrogen-bond acceptors (Lipinski definition) is 2. The molecule has 2 heterocycles. The number of likely N-dealkylation sites (tertiary alicyclic amines) is 2. The Morgan fingerprint density at radius 1 is 1.24 bits per heavy atom. The Morgan fingerprint density at radius 3 is 2.59 bits per heavy atom. The molecule has 0 radical (unpaired) electrons. The minimum atomic E-state index is 0.477. The normalized spacial score (nSPS) is 25.8. The molecule has 0 aromatic rings. The lowest BCUT2D eigenvalue weighted by Crippen LogP contribution is -2.47. The summed E-state index contributed by atoms with van der Waals surface area (Å²) in [7, 11) is 0. The molecule has 0 aromatic heterocycles. The van der Waals surface area contributed by atoms with Gasteiger partial charge in [-0.2, -0.15) is 0 Å². The number of guanidine groups is 1. The van der Waals surface area contributed by atoms with Crippen molar-refractivity contribution in [2.45, 2.75) is 33.1 Å². The molecule has 0 bridgehead atoms. The minimum absolute atomic E-state index is 0.477. The van der Waals surface area contributed by atoms with Crippen molar-refractivity contribution in [1.82, 2.24) is 9.80 Å². The monoisotopic (exact) mass is 238 g/mol. The molecule has 4 heteroatoms. The molecular formula is C13H26N4. The lowest BCUT2D eigenvalue weighted by Gasteiger charge is -2.38. The maximum atomic E-state index is 5.91. The van der Waals surface area contributed by atoms with E-state index in [-0.39, 0.29) is 0 Å². The van der Waals surface area contributed by atoms with Gasteiger partial charge in [0, 0.05) is 26.2 Å². The zero-order valence-electron chi connectivity index (χ0n) is 11.3. The van der Waals surface area contributed by atoms with Crippen molar-refractivity contribution in [2.75, 3.05) is 39.3 Å². The van der Waals surface area contributed by atoms with Gasteiger partial charge in [0.15, 0.2) is 5.96 Å². The SMILES string of the molecule is CC1(C)CCCN(CCN=C(N)N2CCC2)C1. The van der Waals surface area contributed by atoms with Crippen LogP contribution < -0.4 is 5.73 Å². The van der Waals surface area contributed by atoms with Gasteiger partial charge < -0.3 is 15.5 Å². The van der Waals surface area contributed by atoms with Crippen molar-refractivity contribution >= 4 is 5.96 Å². The minimum Gasteiger partial charge on any atom is -0.370 e. The van der Waals surface area contributed by atoms with Crippen molar-refractivity contribution in [3.05, 3.63) is 0 Å². The van der Waals surface area contributed by atoms with Crippen LogP contribution in [0.5, 0.6) is 0 Å². The van der Waals surface area contributed by atoms with Gasteiger partial charge in [0.2, 0.25) is 0 Å². The maximum Gasteiger partial charge on any atom is 0.191 e. The summed E-state index contributed by atoms with van der Waals surface area (Å²) in [5, 5.41) is 0. The summed E-state index contributed by atoms with van der Waals surface area (Å²) >= 11 is 0. The second-order valence-electron chi connectivity index (χ2n) is 6.12. The van der Waals surface area contributed by atoms with Crippen molar-refractivity contribution in [3.63, 3.8) is 0 Å². The van der Waals surface area contributed by atoms with Crippen LogP contribution in [-0.4, -0.2) is 55.0 Å². The van der Waals surface area contributed by atoms with Gasteiger partial charge >= 0.3 is 0 Å². The van der Waals surface area contributed by atoms with Crippen LogP contribution in [0.4, 0.5) is 0 Å². The van der Waals surface area contributed by atoms with E-state index < -0.39 is 0 Å². The molecule has 0 amide bonds. The van der Waals surface area contributed by atoms with E-state index in [2.05, 4.69) is 28.6 Å². The third kappa shape index (κ3) is 3.60. The van der Waals surface area contributed by atoms with Gasteiger partial charge in [-0.15, -0.1) is 0 Å². The van der Waals surface area contributed by atoms with Crippen LogP contribution in [0.3, 0.4) is 0 Å². The highest BCUT2D eigenvalue weighted by molar-refractivity contribution is 5.78. The molecule has 2 fully saturated rings. The van der Waals surface area contributed by atoms with Gasteiger partial charge in [-0.3, -0.25) is 4.99 Å². The third-order valence-electron chi connectivity index (χ3n) is 3.85. The Kier molecular flexibility index (Phi) is 3.92. The molecule has 0 aromatic carbocycles. The van der Waals surface area contributed by atoms with E-state index in [0.717, 1.165) is 32.1 Å². The summed E-state index contributed by atoms with van der Waals surface area (Å²) in [5.41, 5.74) is 6.38. The number of piperidine rings is 1. The molecule has 4 nitrogen and oxygen atoms in total. The Bertz CT molecular complexity index is 281. The van der Waals surface area contributed by atoms with Gasteiger partial charge in [0.1, 0.15) is 0 Å². The first kappa shape index (κ1) is 12.7. The average Bonchev–Trinajstić information content (AvgIpc) is 2.13. The maximum absolute atomic E-state index is 5.91. The number of rotatable bonds is 3. The van der Waals surface area contributed by atoms with Gasteiger partial charge in [-0.25, -0.2) is 0 Å². The van der Waals surface area contributed by atoms with Crippen LogP contribution >= 0.6 is 0 Å². The Balaban J connectivity index is 1.70. The molecule has 2 aliphatic heterocycles. The predicted molar refractivity (Wildman–Crippen MR) is 72.1 cm³/mol. The van der Waals surface area contributed by atoms with E-state index in [0.29, 0.717) is 5.41 Å². The fourth-order valence-corrected chi connectivity index (χ4v) is 2.69. The largest absolute Gasteiger partial charge is 0.370 e. The van der Waals surface area contributed by atoms with Crippen molar-refractivity contribution in [1.29, 1.82) is 0 Å². The molecule has 0 atom stereocenters. The van der Waals surface area contributed by atoms with Gasteiger partial charge in [-0.05, 0) is 31.2 Å². The molecule has 98 valence electrons. The summed E-state index contributed by atoms with van der Waals surface area (Å²) in [5.74, 6) is 0.743. The molecule has 17 heavy (non-hydrogen) atoms. The van der Waals surface area contributed by atoms with Crippen LogP contribution in [0.1, 0.15) is 33.1 Å². The quantitative estimate of drug-likeness (QED) is 0.592. The van der Waals surface area contributed by atoms with Crippen LogP contribution in [-0.2, 0) is 0 Å². The molecule has 2 rings (SSSR count). The zero-order chi connectivity index (χ0) is 12.3. The molecule has 2 saturated heterocycles. The predicted octanol–water partition coefficient (Wildman–Crippen LogP) is 1.13. The van der Waals surface area contributed by atoms with E-state index in [1.54, 1.807) is 0 Å². The molecule has 2 N–H and O–H groups in total. The number of hydrogen-bond donors (Lipinski definition) is 1. The van der Waals surface area contributed by atoms with E-state index in [1.165, 1.54) is 32.4 Å². The highest BCUT2D eigenvalue weighted by Gasteiger charge is 2.25. The van der Waals surface area contributed by atoms with Gasteiger partial charge in [-0.1, -0.05) is 13.8 Å². The van der Waals surface area contributed by atoms with E-state index >= 15 is 0 Å². The summed E-state index contributed by atoms with van der Waals surface area (Å²) in [4.78, 5) is 9.14. The average molecular weight is 238 g/mol. The van der Waals surface area contributed by atoms with E-state index in [9.17, 15) is 0 Å². The lowest BCUT2D eigenvalue weighted by atomic mass is 9.84. The molecule has 0 unspecified atom stereocenters. The third-order valence-corrected chi connectivity index (χ3v) is 3.85. The van der Waals surface area contributed by atoms with E-state index in [1.807, 2.05) is 0 Å². The number of nitrogens with zero attached hydrogens (tertiary/aromatic N) is 3. The molecule has 0 spiro atoms. The highest BCUT2D eigenvalue weighted by Crippen LogP contribution is 2.27.